The van der Waals surface area contributed by atoms with Crippen LogP contribution in [0, 0.1) is 11.8 Å². The Hall–Kier alpha value is -3.81. The highest BCUT2D eigenvalue weighted by Crippen LogP contribution is 2.57. The van der Waals surface area contributed by atoms with Crippen molar-refractivity contribution in [3.05, 3.63) is 94.5 Å². The van der Waals surface area contributed by atoms with Gasteiger partial charge in [0.05, 0.1) is 30.7 Å². The van der Waals surface area contributed by atoms with Gasteiger partial charge in [-0.15, -0.1) is 0 Å². The molecule has 3 aromatic rings. The van der Waals surface area contributed by atoms with Gasteiger partial charge in [-0.3, -0.25) is 19.2 Å². The number of rotatable bonds is 3. The zero-order valence-electron chi connectivity index (χ0n) is 18.4. The van der Waals surface area contributed by atoms with Crippen LogP contribution in [-0.2, 0) is 14.3 Å². The van der Waals surface area contributed by atoms with Gasteiger partial charge in [-0.2, -0.15) is 0 Å². The molecule has 2 heterocycles. The first-order valence-electron chi connectivity index (χ1n) is 11.0. The Morgan fingerprint density at radius 3 is 2.14 bits per heavy atom. The number of carbonyl (C=O) groups excluding carboxylic acids is 4. The molecule has 2 aliphatic heterocycles. The highest BCUT2D eigenvalue weighted by molar-refractivity contribution is 6.37. The lowest BCUT2D eigenvalue weighted by Crippen LogP contribution is -2.51. The predicted octanol–water partition coefficient (Wildman–Crippen LogP) is 4.04. The van der Waals surface area contributed by atoms with Crippen molar-refractivity contribution < 1.29 is 28.7 Å². The number of halogens is 1. The summed E-state index contributed by atoms with van der Waals surface area (Å²) < 4.78 is 11.5. The van der Waals surface area contributed by atoms with E-state index in [-0.39, 0.29) is 11.1 Å². The maximum absolute atomic E-state index is 13.9. The van der Waals surface area contributed by atoms with E-state index in [2.05, 4.69) is 0 Å². The first kappa shape index (κ1) is 21.7. The molecule has 3 aromatic carbocycles. The van der Waals surface area contributed by atoms with E-state index in [1.165, 1.54) is 7.11 Å². The van der Waals surface area contributed by atoms with Crippen molar-refractivity contribution in [3.8, 4) is 5.75 Å². The van der Waals surface area contributed by atoms with Crippen LogP contribution >= 0.6 is 11.6 Å². The molecule has 0 aromatic heterocycles. The topological polar surface area (TPSA) is 90.0 Å². The lowest BCUT2D eigenvalue weighted by molar-refractivity contribution is -0.127. The first-order valence-corrected chi connectivity index (χ1v) is 11.4. The monoisotopic (exact) mass is 487 g/mol. The van der Waals surface area contributed by atoms with Crippen LogP contribution in [0.25, 0.3) is 0 Å². The van der Waals surface area contributed by atoms with Crippen LogP contribution in [-0.4, -0.2) is 36.1 Å². The van der Waals surface area contributed by atoms with Crippen molar-refractivity contribution in [1.82, 2.24) is 0 Å². The molecule has 2 saturated heterocycles. The van der Waals surface area contributed by atoms with Gasteiger partial charge < -0.3 is 9.47 Å². The summed E-state index contributed by atoms with van der Waals surface area (Å²) in [6.07, 6.45) is -0.994. The molecule has 2 fully saturated rings. The van der Waals surface area contributed by atoms with Gasteiger partial charge in [-0.1, -0.05) is 54.1 Å². The summed E-state index contributed by atoms with van der Waals surface area (Å²) in [5, 5.41) is 0.477. The van der Waals surface area contributed by atoms with Crippen LogP contribution in [0.15, 0.2) is 72.8 Å². The number of Topliss-reactive ketones (excluding diaryl/α,β-unsaturated/α-hetero) is 2. The Labute approximate surface area is 205 Å². The van der Waals surface area contributed by atoms with Gasteiger partial charge >= 0.3 is 0 Å². The smallest absolute Gasteiger partial charge is 0.241 e. The fourth-order valence-electron chi connectivity index (χ4n) is 5.47. The average molecular weight is 488 g/mol. The fraction of sp³-hybridized carbons (Fsp3) is 0.185. The minimum atomic E-state index is -2.11. The molecule has 174 valence electrons. The lowest BCUT2D eigenvalue weighted by Gasteiger charge is -2.27. The quantitative estimate of drug-likeness (QED) is 0.409. The van der Waals surface area contributed by atoms with Crippen LogP contribution in [0.4, 0.5) is 5.69 Å². The van der Waals surface area contributed by atoms with Gasteiger partial charge in [0, 0.05) is 22.2 Å². The molecule has 0 unspecified atom stereocenters. The number of imide groups is 1. The van der Waals surface area contributed by atoms with E-state index in [9.17, 15) is 19.2 Å². The summed E-state index contributed by atoms with van der Waals surface area (Å²) in [5.74, 6) is -4.32. The molecule has 0 N–H and O–H groups in total. The number of nitrogens with zero attached hydrogens (tertiary/aromatic N) is 1. The molecule has 0 radical (unpaired) electrons. The zero-order chi connectivity index (χ0) is 24.5. The molecule has 3 aliphatic rings. The maximum atomic E-state index is 13.9. The third-order valence-electron chi connectivity index (χ3n) is 7.03. The van der Waals surface area contributed by atoms with Crippen LogP contribution < -0.4 is 9.64 Å². The fourth-order valence-corrected chi connectivity index (χ4v) is 5.60. The van der Waals surface area contributed by atoms with Crippen molar-refractivity contribution in [1.29, 1.82) is 0 Å². The highest BCUT2D eigenvalue weighted by atomic mass is 35.5. The molecule has 8 heteroatoms. The van der Waals surface area contributed by atoms with Gasteiger partial charge in [-0.05, 0) is 29.8 Å². The Kier molecular flexibility index (Phi) is 4.71. The summed E-state index contributed by atoms with van der Waals surface area (Å²) >= 11 is 6.05. The van der Waals surface area contributed by atoms with E-state index >= 15 is 0 Å². The number of carbonyl (C=O) groups is 4. The molecular formula is C27H18ClNO6. The number of fused-ring (bicyclic) bond motifs is 3. The van der Waals surface area contributed by atoms with Gasteiger partial charge in [0.25, 0.3) is 0 Å². The van der Waals surface area contributed by atoms with E-state index in [0.717, 1.165) is 4.90 Å². The predicted molar refractivity (Wildman–Crippen MR) is 126 cm³/mol. The molecule has 6 rings (SSSR count). The highest BCUT2D eigenvalue weighted by Gasteiger charge is 2.74. The Balaban J connectivity index is 1.54. The van der Waals surface area contributed by atoms with Crippen molar-refractivity contribution >= 4 is 40.7 Å². The molecule has 7 nitrogen and oxygen atoms in total. The number of benzene rings is 3. The average Bonchev–Trinajstić information content (AvgIpc) is 3.44. The molecule has 0 saturated carbocycles. The lowest BCUT2D eigenvalue weighted by atomic mass is 9.77. The summed E-state index contributed by atoms with van der Waals surface area (Å²) in [4.78, 5) is 56.2. The molecule has 35 heavy (non-hydrogen) atoms. The van der Waals surface area contributed by atoms with Crippen LogP contribution in [0.5, 0.6) is 5.75 Å². The summed E-state index contributed by atoms with van der Waals surface area (Å²) in [6, 6.07) is 19.5. The standard InChI is InChI=1S/C27H18ClNO6/c1-34-17-6-4-5-16(13-17)29-25(32)20-21(26(29)33)27(35-22(20)14-9-11-15(28)12-10-14)23(30)18-7-2-3-8-19(18)24(27)31/h2-13,20-22H,1H3/t20-,21-,22-/m0/s1. The van der Waals surface area contributed by atoms with Gasteiger partial charge in [0.1, 0.15) is 5.75 Å². The molecule has 1 spiro atoms. The minimum Gasteiger partial charge on any atom is -0.497 e. The van der Waals surface area contributed by atoms with Crippen molar-refractivity contribution in [2.24, 2.45) is 11.8 Å². The first-order chi connectivity index (χ1) is 16.9. The number of hydrogen-bond acceptors (Lipinski definition) is 6. The Morgan fingerprint density at radius 2 is 1.51 bits per heavy atom. The number of ketones is 2. The number of methoxy groups -OCH3 is 1. The second-order valence-electron chi connectivity index (χ2n) is 8.75. The molecular weight excluding hydrogens is 470 g/mol. The van der Waals surface area contributed by atoms with Gasteiger partial charge in [0.15, 0.2) is 0 Å². The third kappa shape index (κ3) is 2.82. The normalized spacial score (nSPS) is 24.3. The van der Waals surface area contributed by atoms with E-state index in [0.29, 0.717) is 22.0 Å². The second kappa shape index (κ2) is 7.60. The molecule has 1 aliphatic carbocycles. The SMILES string of the molecule is COc1cccc(N2C(=O)[C@H]3[C@@H](C2=O)C2(O[C@H]3c3ccc(Cl)cc3)C(=O)c3ccccc3C2=O)c1. The number of anilines is 1. The second-order valence-corrected chi connectivity index (χ2v) is 9.18. The van der Waals surface area contributed by atoms with Gasteiger partial charge in [0.2, 0.25) is 29.0 Å². The summed E-state index contributed by atoms with van der Waals surface area (Å²) in [7, 11) is 1.48. The maximum Gasteiger partial charge on any atom is 0.241 e. The summed E-state index contributed by atoms with van der Waals surface area (Å²) in [6.45, 7) is 0. The Bertz CT molecular complexity index is 1400. The van der Waals surface area contributed by atoms with E-state index < -0.39 is 46.9 Å². The number of hydrogen-bond donors (Lipinski definition) is 0. The number of ether oxygens (including phenoxy) is 2. The molecule has 3 atom stereocenters. The van der Waals surface area contributed by atoms with E-state index in [4.69, 9.17) is 21.1 Å². The van der Waals surface area contributed by atoms with Crippen LogP contribution in [0.3, 0.4) is 0 Å². The largest absolute Gasteiger partial charge is 0.497 e. The summed E-state index contributed by atoms with van der Waals surface area (Å²) in [5.41, 5.74) is -0.888. The molecule has 0 bridgehead atoms. The third-order valence-corrected chi connectivity index (χ3v) is 7.28. The minimum absolute atomic E-state index is 0.188. The van der Waals surface area contributed by atoms with Crippen molar-refractivity contribution in [2.75, 3.05) is 12.0 Å². The van der Waals surface area contributed by atoms with Crippen LogP contribution in [0.1, 0.15) is 32.4 Å². The van der Waals surface area contributed by atoms with Crippen LogP contribution in [0.2, 0.25) is 5.02 Å². The van der Waals surface area contributed by atoms with Crippen molar-refractivity contribution in [3.63, 3.8) is 0 Å². The molecule has 2 amide bonds. The Morgan fingerprint density at radius 1 is 0.857 bits per heavy atom. The van der Waals surface area contributed by atoms with E-state index in [1.54, 1.807) is 72.8 Å². The van der Waals surface area contributed by atoms with Gasteiger partial charge in [-0.25, -0.2) is 4.90 Å². The zero-order valence-corrected chi connectivity index (χ0v) is 19.2. The van der Waals surface area contributed by atoms with Crippen molar-refractivity contribution in [2.45, 2.75) is 11.7 Å². The van der Waals surface area contributed by atoms with E-state index in [1.807, 2.05) is 0 Å². The number of amides is 2.